The number of ether oxygens (including phenoxy) is 5. The third-order valence-electron chi connectivity index (χ3n) is 10.7. The molecular weight excluding hydrogens is 793 g/mol. The number of hydrogen-bond donors (Lipinski definition) is 1. The Morgan fingerprint density at radius 1 is 0.754 bits per heavy atom. The standard InChI is InChI=1S/C44H52N6O7S.C3H8/c1-8-27-12-31-20-45-36-18-40(38(53-6)16-34(36)42(51)49(31)22-27)56-24-29-14-33(55-11-10-48(5)26-44(3,4)58)15-30(47-29)25-57-41-19-37-35(17-39(41)54-7)43(52)50-23-28(9-2)13-32(50)21-46-37;1-3-2/h8-9,14-21,31-32,58H,10-13,22-26H2,1-7H3;3H2,1-2H3/b27-8+,28-9+;/t31-,32?;/m0./s1. The van der Waals surface area contributed by atoms with Gasteiger partial charge in [0.2, 0.25) is 0 Å². The molecular formula is C47H60N6O7S. The zero-order valence-electron chi connectivity index (χ0n) is 37.0. The van der Waals surface area contributed by atoms with Crippen molar-refractivity contribution in [3.05, 3.63) is 82.2 Å². The van der Waals surface area contributed by atoms with Crippen molar-refractivity contribution < 1.29 is 33.3 Å². The fourth-order valence-electron chi connectivity index (χ4n) is 7.74. The van der Waals surface area contributed by atoms with E-state index in [1.807, 2.05) is 55.3 Å². The maximum Gasteiger partial charge on any atom is 0.257 e. The SMILES string of the molecule is C/C=C1\CC2C=Nc3cc(OCc4cc(OCCN(C)CC(C)(C)S)cc(COc5cc6c(cc5OC)C(=O)N5C/C(=C/C)C[C@H]5C=N6)n4)c(OC)cc3C(=O)N2C1.CCC. The van der Waals surface area contributed by atoms with Gasteiger partial charge in [-0.2, -0.15) is 12.6 Å². The van der Waals surface area contributed by atoms with Crippen LogP contribution < -0.4 is 23.7 Å². The molecule has 0 aliphatic carbocycles. The summed E-state index contributed by atoms with van der Waals surface area (Å²) in [5.41, 5.74) is 5.57. The molecule has 0 radical (unpaired) electrons. The van der Waals surface area contributed by atoms with Crippen molar-refractivity contribution in [2.24, 2.45) is 9.98 Å². The maximum absolute atomic E-state index is 13.6. The van der Waals surface area contributed by atoms with E-state index in [0.717, 1.165) is 19.4 Å². The molecule has 326 valence electrons. The van der Waals surface area contributed by atoms with Crippen LogP contribution in [0.4, 0.5) is 11.4 Å². The Morgan fingerprint density at radius 2 is 1.21 bits per heavy atom. The van der Waals surface area contributed by atoms with E-state index in [9.17, 15) is 9.59 Å². The van der Waals surface area contributed by atoms with Crippen LogP contribution in [0.2, 0.25) is 0 Å². The summed E-state index contributed by atoms with van der Waals surface area (Å²) in [7, 11) is 5.13. The van der Waals surface area contributed by atoms with Gasteiger partial charge in [-0.3, -0.25) is 24.6 Å². The first-order valence-electron chi connectivity index (χ1n) is 21.0. The molecule has 1 unspecified atom stereocenters. The molecule has 4 aliphatic heterocycles. The van der Waals surface area contributed by atoms with Crippen molar-refractivity contribution in [1.29, 1.82) is 0 Å². The normalized spacial score (nSPS) is 19.2. The number of aliphatic imine (C=N–C) groups is 2. The average Bonchev–Trinajstić information content (AvgIpc) is 3.80. The fraction of sp³-hybridized carbons (Fsp3) is 0.468. The van der Waals surface area contributed by atoms with Gasteiger partial charge in [-0.1, -0.05) is 43.6 Å². The highest BCUT2D eigenvalue weighted by atomic mass is 32.1. The van der Waals surface area contributed by atoms with Crippen LogP contribution in [-0.2, 0) is 13.2 Å². The molecule has 2 amide bonds. The number of fused-ring (bicyclic) bond motifs is 4. The molecule has 0 spiro atoms. The molecule has 13 nitrogen and oxygen atoms in total. The first-order chi connectivity index (χ1) is 29.3. The molecule has 2 atom stereocenters. The molecule has 1 aromatic heterocycles. The summed E-state index contributed by atoms with van der Waals surface area (Å²) in [6.07, 6.45) is 10.6. The fourth-order valence-corrected chi connectivity index (χ4v) is 7.98. The predicted molar refractivity (Wildman–Crippen MR) is 244 cm³/mol. The lowest BCUT2D eigenvalue weighted by Gasteiger charge is -2.25. The van der Waals surface area contributed by atoms with E-state index in [0.29, 0.717) is 88.9 Å². The summed E-state index contributed by atoms with van der Waals surface area (Å²) < 4.78 is 30.2. The van der Waals surface area contributed by atoms with Gasteiger partial charge < -0.3 is 38.4 Å². The second kappa shape index (κ2) is 20.0. The molecule has 2 fully saturated rings. The largest absolute Gasteiger partial charge is 0.493 e. The zero-order valence-corrected chi connectivity index (χ0v) is 37.9. The molecule has 61 heavy (non-hydrogen) atoms. The summed E-state index contributed by atoms with van der Waals surface area (Å²) in [6, 6.07) is 10.4. The maximum atomic E-state index is 13.6. The van der Waals surface area contributed by atoms with Gasteiger partial charge in [0.1, 0.15) is 25.6 Å². The number of benzene rings is 2. The van der Waals surface area contributed by atoms with Crippen molar-refractivity contribution in [2.75, 3.05) is 54.1 Å². The first-order valence-corrected chi connectivity index (χ1v) is 21.4. The minimum absolute atomic E-state index is 0.0652. The van der Waals surface area contributed by atoms with Crippen LogP contribution in [0, 0.1) is 0 Å². The third-order valence-corrected chi connectivity index (χ3v) is 10.8. The highest BCUT2D eigenvalue weighted by Crippen LogP contribution is 2.41. The van der Waals surface area contributed by atoms with Crippen LogP contribution in [0.5, 0.6) is 28.7 Å². The molecule has 5 heterocycles. The molecule has 3 aromatic rings. The molecule has 2 aromatic carbocycles. The summed E-state index contributed by atoms with van der Waals surface area (Å²) >= 11 is 4.67. The van der Waals surface area contributed by atoms with Gasteiger partial charge in [0.05, 0.1) is 60.2 Å². The van der Waals surface area contributed by atoms with E-state index in [4.69, 9.17) is 38.7 Å². The third kappa shape index (κ3) is 10.9. The molecule has 0 N–H and O–H groups in total. The second-order valence-electron chi connectivity index (χ2n) is 16.4. The van der Waals surface area contributed by atoms with Gasteiger partial charge in [0.15, 0.2) is 23.0 Å². The molecule has 4 aliphatic rings. The van der Waals surface area contributed by atoms with Crippen molar-refractivity contribution in [1.82, 2.24) is 19.7 Å². The molecule has 7 rings (SSSR count). The van der Waals surface area contributed by atoms with Crippen LogP contribution in [-0.4, -0.2) is 115 Å². The number of likely N-dealkylation sites (N-methyl/N-ethyl adjacent to an activating group) is 1. The van der Waals surface area contributed by atoms with Gasteiger partial charge in [-0.15, -0.1) is 0 Å². The topological polar surface area (TPSA) is 128 Å². The number of carbonyl (C=O) groups excluding carboxylic acids is 2. The molecule has 2 saturated heterocycles. The van der Waals surface area contributed by atoms with Crippen molar-refractivity contribution in [3.63, 3.8) is 0 Å². The van der Waals surface area contributed by atoms with Crippen LogP contribution in [0.1, 0.15) is 92.9 Å². The number of pyridine rings is 1. The Balaban J connectivity index is 0.00000201. The number of aromatic nitrogens is 1. The average molecular weight is 853 g/mol. The van der Waals surface area contributed by atoms with E-state index in [1.165, 1.54) is 17.6 Å². The van der Waals surface area contributed by atoms with E-state index in [1.54, 1.807) is 38.5 Å². The number of amides is 2. The zero-order chi connectivity index (χ0) is 43.8. The quantitative estimate of drug-likeness (QED) is 0.126. The lowest BCUT2D eigenvalue weighted by Crippen LogP contribution is -2.35. The van der Waals surface area contributed by atoms with Crippen LogP contribution in [0.15, 0.2) is 69.7 Å². The number of rotatable bonds is 14. The predicted octanol–water partition coefficient (Wildman–Crippen LogP) is 8.45. The first kappa shape index (κ1) is 45.2. The summed E-state index contributed by atoms with van der Waals surface area (Å²) in [5, 5.41) is 0. The minimum Gasteiger partial charge on any atom is -0.493 e. The van der Waals surface area contributed by atoms with Gasteiger partial charge in [-0.25, -0.2) is 0 Å². The Kier molecular flexibility index (Phi) is 14.8. The Bertz CT molecular complexity index is 2080. The lowest BCUT2D eigenvalue weighted by molar-refractivity contribution is 0.0769. The number of nitrogens with zero attached hydrogens (tertiary/aromatic N) is 6. The van der Waals surface area contributed by atoms with E-state index >= 15 is 0 Å². The van der Waals surface area contributed by atoms with Crippen molar-refractivity contribution in [2.45, 2.75) is 90.8 Å². The van der Waals surface area contributed by atoms with E-state index in [2.05, 4.69) is 57.4 Å². The lowest BCUT2D eigenvalue weighted by atomic mass is 10.1. The summed E-state index contributed by atoms with van der Waals surface area (Å²) in [5.74, 6) is 2.10. The number of thiol groups is 1. The van der Waals surface area contributed by atoms with Crippen LogP contribution in [0.3, 0.4) is 0 Å². The molecule has 14 heteroatoms. The number of carbonyl (C=O) groups is 2. The van der Waals surface area contributed by atoms with Gasteiger partial charge >= 0.3 is 0 Å². The number of hydrogen-bond acceptors (Lipinski definition) is 12. The van der Waals surface area contributed by atoms with Gasteiger partial charge in [-0.05, 0) is 59.7 Å². The summed E-state index contributed by atoms with van der Waals surface area (Å²) in [6.45, 7) is 15.6. The van der Waals surface area contributed by atoms with Crippen LogP contribution >= 0.6 is 12.6 Å². The Morgan fingerprint density at radius 3 is 1.62 bits per heavy atom. The van der Waals surface area contributed by atoms with Crippen molar-refractivity contribution in [3.8, 4) is 28.7 Å². The van der Waals surface area contributed by atoms with Gasteiger partial charge in [0.25, 0.3) is 11.8 Å². The van der Waals surface area contributed by atoms with Gasteiger partial charge in [0, 0.05) is 67.6 Å². The van der Waals surface area contributed by atoms with E-state index in [-0.39, 0.29) is 41.9 Å². The molecule has 0 bridgehead atoms. The molecule has 0 saturated carbocycles. The monoisotopic (exact) mass is 852 g/mol. The highest BCUT2D eigenvalue weighted by molar-refractivity contribution is 7.81. The second-order valence-corrected chi connectivity index (χ2v) is 17.6. The minimum atomic E-state index is -0.148. The number of allylic oxidation sites excluding steroid dienone is 2. The Hall–Kier alpha value is -5.34. The van der Waals surface area contributed by atoms with E-state index < -0.39 is 0 Å². The van der Waals surface area contributed by atoms with Crippen LogP contribution in [0.25, 0.3) is 0 Å². The number of methoxy groups -OCH3 is 2. The summed E-state index contributed by atoms with van der Waals surface area (Å²) in [4.78, 5) is 47.4. The van der Waals surface area contributed by atoms with Crippen molar-refractivity contribution >= 4 is 48.2 Å². The smallest absolute Gasteiger partial charge is 0.257 e. The Labute approximate surface area is 365 Å². The highest BCUT2D eigenvalue weighted by Gasteiger charge is 2.36.